The first kappa shape index (κ1) is 17.3. The van der Waals surface area contributed by atoms with Crippen LogP contribution in [0.3, 0.4) is 0 Å². The van der Waals surface area contributed by atoms with Crippen molar-refractivity contribution in [2.45, 2.75) is 13.8 Å². The minimum Gasteiger partial charge on any atom is -0.461 e. The van der Waals surface area contributed by atoms with Gasteiger partial charge in [-0.15, -0.1) is 0 Å². The second kappa shape index (κ2) is 8.54. The van der Waals surface area contributed by atoms with Gasteiger partial charge in [0, 0.05) is 18.8 Å². The topological polar surface area (TPSA) is 57.2 Å². The molecule has 0 saturated heterocycles. The number of anilines is 1. The summed E-state index contributed by atoms with van der Waals surface area (Å²) in [5.74, 6) is -0.246. The molecule has 0 aliphatic heterocycles. The van der Waals surface area contributed by atoms with Crippen molar-refractivity contribution in [1.29, 1.82) is 5.26 Å². The number of Topliss-reactive ketones (excluding diaryl/α,β-unsaturated/α-hetero) is 1. The first-order valence-corrected chi connectivity index (χ1v) is 7.91. The van der Waals surface area contributed by atoms with Gasteiger partial charge in [0.15, 0.2) is 5.76 Å². The smallest absolute Gasteiger partial charge is 0.238 e. The predicted molar refractivity (Wildman–Crippen MR) is 95.8 cm³/mol. The van der Waals surface area contributed by atoms with Gasteiger partial charge in [0.1, 0.15) is 11.6 Å². The van der Waals surface area contributed by atoms with E-state index in [1.165, 1.54) is 18.0 Å². The lowest BCUT2D eigenvalue weighted by Gasteiger charge is -2.20. The number of hydrogen-bond donors (Lipinski definition) is 0. The number of nitriles is 1. The SMILES string of the molecule is CCN(CC)c1ccc(C=CC=C(C#N)C(=O)c2ccco2)cc1. The number of benzene rings is 1. The van der Waals surface area contributed by atoms with Crippen molar-refractivity contribution in [1.82, 2.24) is 0 Å². The quantitative estimate of drug-likeness (QED) is 0.327. The van der Waals surface area contributed by atoms with Gasteiger partial charge in [-0.2, -0.15) is 5.26 Å². The molecule has 122 valence electrons. The normalized spacial score (nSPS) is 11.5. The Hall–Kier alpha value is -3.06. The average molecular weight is 320 g/mol. The minimum atomic E-state index is -0.413. The molecule has 0 amide bonds. The maximum absolute atomic E-state index is 12.0. The van der Waals surface area contributed by atoms with E-state index in [1.807, 2.05) is 24.3 Å². The summed E-state index contributed by atoms with van der Waals surface area (Å²) in [5.41, 5.74) is 2.23. The second-order valence-corrected chi connectivity index (χ2v) is 5.12. The molecule has 0 bridgehead atoms. The molecule has 4 heteroatoms. The highest BCUT2D eigenvalue weighted by molar-refractivity contribution is 6.09. The van der Waals surface area contributed by atoms with Crippen molar-refractivity contribution >= 4 is 17.5 Å². The first-order valence-electron chi connectivity index (χ1n) is 7.91. The predicted octanol–water partition coefficient (Wildman–Crippen LogP) is 4.47. The molecule has 0 aliphatic rings. The zero-order valence-electron chi connectivity index (χ0n) is 13.9. The maximum atomic E-state index is 12.0. The molecule has 0 fully saturated rings. The number of rotatable bonds is 7. The van der Waals surface area contributed by atoms with Crippen LogP contribution in [0.4, 0.5) is 5.69 Å². The highest BCUT2D eigenvalue weighted by Gasteiger charge is 2.13. The Morgan fingerprint density at radius 2 is 1.92 bits per heavy atom. The maximum Gasteiger partial charge on any atom is 0.238 e. The zero-order valence-corrected chi connectivity index (χ0v) is 13.9. The van der Waals surface area contributed by atoms with E-state index in [0.29, 0.717) is 0 Å². The van der Waals surface area contributed by atoms with Crippen molar-refractivity contribution in [3.8, 4) is 6.07 Å². The molecule has 1 aromatic heterocycles. The highest BCUT2D eigenvalue weighted by atomic mass is 16.3. The lowest BCUT2D eigenvalue weighted by atomic mass is 10.1. The molecule has 0 spiro atoms. The van der Waals surface area contributed by atoms with Crippen LogP contribution in [-0.4, -0.2) is 18.9 Å². The number of ketones is 1. The molecule has 1 heterocycles. The van der Waals surface area contributed by atoms with Crippen LogP contribution in [0.1, 0.15) is 30.0 Å². The Morgan fingerprint density at radius 1 is 1.21 bits per heavy atom. The Morgan fingerprint density at radius 3 is 2.46 bits per heavy atom. The van der Waals surface area contributed by atoms with Crippen molar-refractivity contribution in [3.63, 3.8) is 0 Å². The summed E-state index contributed by atoms with van der Waals surface area (Å²) < 4.78 is 5.03. The number of carbonyl (C=O) groups is 1. The summed E-state index contributed by atoms with van der Waals surface area (Å²) in [6.07, 6.45) is 6.48. The van der Waals surface area contributed by atoms with Crippen molar-refractivity contribution in [3.05, 3.63) is 71.7 Å². The number of furan rings is 1. The van der Waals surface area contributed by atoms with E-state index in [0.717, 1.165) is 18.7 Å². The molecule has 0 unspecified atom stereocenters. The lowest BCUT2D eigenvalue weighted by molar-refractivity contribution is 0.101. The van der Waals surface area contributed by atoms with Crippen molar-refractivity contribution < 1.29 is 9.21 Å². The zero-order chi connectivity index (χ0) is 17.4. The lowest BCUT2D eigenvalue weighted by Crippen LogP contribution is -2.21. The fourth-order valence-electron chi connectivity index (χ4n) is 2.34. The third-order valence-electron chi connectivity index (χ3n) is 3.68. The van der Waals surface area contributed by atoms with Crippen LogP contribution in [0, 0.1) is 11.3 Å². The van der Waals surface area contributed by atoms with Gasteiger partial charge in [0.25, 0.3) is 0 Å². The largest absolute Gasteiger partial charge is 0.461 e. The summed E-state index contributed by atoms with van der Waals surface area (Å²) >= 11 is 0. The fraction of sp³-hybridized carbons (Fsp3) is 0.200. The Kier molecular flexibility index (Phi) is 6.16. The fourth-order valence-corrected chi connectivity index (χ4v) is 2.34. The van der Waals surface area contributed by atoms with Crippen LogP contribution in [-0.2, 0) is 0 Å². The molecule has 1 aromatic carbocycles. The van der Waals surface area contributed by atoms with Gasteiger partial charge in [-0.3, -0.25) is 4.79 Å². The van der Waals surface area contributed by atoms with Crippen LogP contribution in [0.5, 0.6) is 0 Å². The molecule has 0 N–H and O–H groups in total. The van der Waals surface area contributed by atoms with E-state index in [4.69, 9.17) is 9.68 Å². The van der Waals surface area contributed by atoms with E-state index < -0.39 is 5.78 Å². The molecular weight excluding hydrogens is 300 g/mol. The Labute approximate surface area is 142 Å². The third kappa shape index (κ3) is 4.23. The van der Waals surface area contributed by atoms with E-state index >= 15 is 0 Å². The molecule has 24 heavy (non-hydrogen) atoms. The summed E-state index contributed by atoms with van der Waals surface area (Å²) in [7, 11) is 0. The van der Waals surface area contributed by atoms with Gasteiger partial charge in [0.05, 0.1) is 6.26 Å². The number of nitrogens with zero attached hydrogens (tertiary/aromatic N) is 2. The molecule has 0 radical (unpaired) electrons. The van der Waals surface area contributed by atoms with E-state index in [-0.39, 0.29) is 11.3 Å². The third-order valence-corrected chi connectivity index (χ3v) is 3.68. The summed E-state index contributed by atoms with van der Waals surface area (Å²) in [6.45, 7) is 6.19. The molecule has 2 aromatic rings. The summed E-state index contributed by atoms with van der Waals surface area (Å²) in [6, 6.07) is 13.2. The van der Waals surface area contributed by atoms with Gasteiger partial charge in [-0.25, -0.2) is 0 Å². The average Bonchev–Trinajstić information content (AvgIpc) is 3.15. The standard InChI is InChI=1S/C20H20N2O2/c1-3-22(4-2)18-12-10-16(11-13-18)7-5-8-17(15-21)20(23)19-9-6-14-24-19/h5-14H,3-4H2,1-2H3. The van der Waals surface area contributed by atoms with Crippen LogP contribution in [0.25, 0.3) is 6.08 Å². The van der Waals surface area contributed by atoms with Gasteiger partial charge in [-0.05, 0) is 49.8 Å². The first-order chi connectivity index (χ1) is 11.7. The number of hydrogen-bond acceptors (Lipinski definition) is 4. The van der Waals surface area contributed by atoms with E-state index in [2.05, 4.69) is 30.9 Å². The molecule has 0 saturated carbocycles. The van der Waals surface area contributed by atoms with E-state index in [1.54, 1.807) is 18.2 Å². The van der Waals surface area contributed by atoms with Crippen LogP contribution < -0.4 is 4.90 Å². The van der Waals surface area contributed by atoms with Crippen LogP contribution >= 0.6 is 0 Å². The Bertz CT molecular complexity index is 759. The molecule has 4 nitrogen and oxygen atoms in total. The molecular formula is C20H20N2O2. The summed E-state index contributed by atoms with van der Waals surface area (Å²) in [4.78, 5) is 14.3. The van der Waals surface area contributed by atoms with Crippen molar-refractivity contribution in [2.24, 2.45) is 0 Å². The number of allylic oxidation sites excluding steroid dienone is 3. The molecule has 2 rings (SSSR count). The van der Waals surface area contributed by atoms with E-state index in [9.17, 15) is 4.79 Å². The molecule has 0 aliphatic carbocycles. The highest BCUT2D eigenvalue weighted by Crippen LogP contribution is 2.16. The number of carbonyl (C=O) groups excluding carboxylic acids is 1. The van der Waals surface area contributed by atoms with Gasteiger partial charge < -0.3 is 9.32 Å². The van der Waals surface area contributed by atoms with Crippen LogP contribution in [0.15, 0.2) is 64.8 Å². The minimum absolute atomic E-state index is 0.0426. The van der Waals surface area contributed by atoms with Gasteiger partial charge >= 0.3 is 0 Å². The Balaban J connectivity index is 2.09. The van der Waals surface area contributed by atoms with Gasteiger partial charge in [-0.1, -0.05) is 24.3 Å². The second-order valence-electron chi connectivity index (χ2n) is 5.12. The summed E-state index contributed by atoms with van der Waals surface area (Å²) in [5, 5.41) is 9.12. The van der Waals surface area contributed by atoms with Gasteiger partial charge in [0.2, 0.25) is 5.78 Å². The van der Waals surface area contributed by atoms with Crippen molar-refractivity contribution in [2.75, 3.05) is 18.0 Å². The van der Waals surface area contributed by atoms with Crippen LogP contribution in [0.2, 0.25) is 0 Å². The monoisotopic (exact) mass is 320 g/mol. The molecule has 0 atom stereocenters.